The Labute approximate surface area is 177 Å². The Balaban J connectivity index is 1.64. The van der Waals surface area contributed by atoms with E-state index in [0.717, 1.165) is 61.6 Å². The van der Waals surface area contributed by atoms with Gasteiger partial charge in [-0.1, -0.05) is 30.3 Å². The van der Waals surface area contributed by atoms with Crippen LogP contribution in [0.3, 0.4) is 0 Å². The lowest BCUT2D eigenvalue weighted by Crippen LogP contribution is -2.45. The van der Waals surface area contributed by atoms with E-state index in [1.165, 1.54) is 0 Å². The summed E-state index contributed by atoms with van der Waals surface area (Å²) in [5, 5.41) is 4.46. The maximum Gasteiger partial charge on any atom is 0.162 e. The van der Waals surface area contributed by atoms with E-state index in [2.05, 4.69) is 22.2 Å². The first-order valence-electron chi connectivity index (χ1n) is 10.3. The molecule has 0 aliphatic carbocycles. The molecule has 1 N–H and O–H groups in total. The lowest BCUT2D eigenvalue weighted by Gasteiger charge is -2.32. The fraction of sp³-hybridized carbons (Fsp3) is 0.391. The van der Waals surface area contributed by atoms with E-state index in [4.69, 9.17) is 19.4 Å². The van der Waals surface area contributed by atoms with Crippen LogP contribution in [-0.4, -0.2) is 80.3 Å². The summed E-state index contributed by atoms with van der Waals surface area (Å²) in [6, 6.07) is 13.9. The third-order valence-electron chi connectivity index (χ3n) is 5.55. The highest BCUT2D eigenvalue weighted by Gasteiger charge is 2.16. The largest absolute Gasteiger partial charge is 0.493 e. The third kappa shape index (κ3) is 4.47. The van der Waals surface area contributed by atoms with Gasteiger partial charge in [-0.25, -0.2) is 9.97 Å². The van der Waals surface area contributed by atoms with Gasteiger partial charge in [0.15, 0.2) is 17.3 Å². The van der Waals surface area contributed by atoms with Crippen LogP contribution < -0.4 is 14.8 Å². The number of ether oxygens (including phenoxy) is 2. The quantitative estimate of drug-likeness (QED) is 0.646. The summed E-state index contributed by atoms with van der Waals surface area (Å²) in [7, 11) is 5.46. The molecule has 1 aromatic heterocycles. The number of rotatable bonds is 7. The van der Waals surface area contributed by atoms with Crippen molar-refractivity contribution in [1.29, 1.82) is 0 Å². The molecule has 4 rings (SSSR count). The first kappa shape index (κ1) is 20.4. The molecule has 0 atom stereocenters. The summed E-state index contributed by atoms with van der Waals surface area (Å²) >= 11 is 0. The summed E-state index contributed by atoms with van der Waals surface area (Å²) in [6.07, 6.45) is 0. The van der Waals surface area contributed by atoms with E-state index in [0.29, 0.717) is 17.3 Å². The van der Waals surface area contributed by atoms with Gasteiger partial charge in [-0.15, -0.1) is 0 Å². The molecule has 3 aromatic rings. The molecule has 0 radical (unpaired) electrons. The number of benzene rings is 2. The predicted molar refractivity (Wildman–Crippen MR) is 121 cm³/mol. The van der Waals surface area contributed by atoms with Gasteiger partial charge in [0.25, 0.3) is 0 Å². The maximum atomic E-state index is 5.50. The fourth-order valence-corrected chi connectivity index (χ4v) is 3.71. The molecule has 7 nitrogen and oxygen atoms in total. The minimum atomic E-state index is 0.658. The molecular weight excluding hydrogens is 378 g/mol. The standard InChI is InChI=1S/C23H29N5O2/c1-27-11-13-28(14-12-27)10-9-24-23-18-15-20(29-2)21(30-3)16-19(18)25-22(26-23)17-7-5-4-6-8-17/h4-8,15-16H,9-14H2,1-3H3,(H,24,25,26). The Kier molecular flexibility index (Phi) is 6.30. The van der Waals surface area contributed by atoms with Gasteiger partial charge >= 0.3 is 0 Å². The predicted octanol–water partition coefficient (Wildman–Crippen LogP) is 2.97. The summed E-state index contributed by atoms with van der Waals surface area (Å²) in [4.78, 5) is 14.5. The molecule has 2 heterocycles. The second-order valence-electron chi connectivity index (χ2n) is 7.56. The number of nitrogens with one attached hydrogen (secondary N) is 1. The smallest absolute Gasteiger partial charge is 0.162 e. The van der Waals surface area contributed by atoms with Crippen LogP contribution in [-0.2, 0) is 0 Å². The minimum absolute atomic E-state index is 0.658. The van der Waals surface area contributed by atoms with E-state index in [-0.39, 0.29) is 0 Å². The monoisotopic (exact) mass is 407 g/mol. The van der Waals surface area contributed by atoms with E-state index < -0.39 is 0 Å². The zero-order chi connectivity index (χ0) is 20.9. The van der Waals surface area contributed by atoms with Crippen molar-refractivity contribution in [2.24, 2.45) is 0 Å². The number of hydrogen-bond acceptors (Lipinski definition) is 7. The molecule has 7 heteroatoms. The van der Waals surface area contributed by atoms with Gasteiger partial charge in [-0.05, 0) is 13.1 Å². The Hall–Kier alpha value is -2.90. The van der Waals surface area contributed by atoms with Crippen molar-refractivity contribution in [3.63, 3.8) is 0 Å². The average Bonchev–Trinajstić information content (AvgIpc) is 2.79. The van der Waals surface area contributed by atoms with Gasteiger partial charge < -0.3 is 19.7 Å². The number of methoxy groups -OCH3 is 2. The van der Waals surface area contributed by atoms with Crippen LogP contribution in [0.2, 0.25) is 0 Å². The van der Waals surface area contributed by atoms with Gasteiger partial charge in [0, 0.05) is 56.3 Å². The van der Waals surface area contributed by atoms with E-state index in [9.17, 15) is 0 Å². The first-order valence-corrected chi connectivity index (χ1v) is 10.3. The van der Waals surface area contributed by atoms with Crippen LogP contribution in [0.4, 0.5) is 5.82 Å². The highest BCUT2D eigenvalue weighted by molar-refractivity contribution is 5.93. The molecule has 0 spiro atoms. The van der Waals surface area contributed by atoms with E-state index >= 15 is 0 Å². The van der Waals surface area contributed by atoms with Crippen LogP contribution in [0.25, 0.3) is 22.3 Å². The number of hydrogen-bond donors (Lipinski definition) is 1. The minimum Gasteiger partial charge on any atom is -0.493 e. The van der Waals surface area contributed by atoms with Crippen molar-refractivity contribution in [2.45, 2.75) is 0 Å². The Morgan fingerprint density at radius 3 is 2.33 bits per heavy atom. The molecule has 1 saturated heterocycles. The zero-order valence-electron chi connectivity index (χ0n) is 17.9. The van der Waals surface area contributed by atoms with Crippen molar-refractivity contribution < 1.29 is 9.47 Å². The average molecular weight is 408 g/mol. The number of piperazine rings is 1. The summed E-state index contributed by atoms with van der Waals surface area (Å²) in [6.45, 7) is 6.23. The molecule has 1 fully saturated rings. The Morgan fingerprint density at radius 2 is 1.63 bits per heavy atom. The number of nitrogens with zero attached hydrogens (tertiary/aromatic N) is 4. The fourth-order valence-electron chi connectivity index (χ4n) is 3.71. The van der Waals surface area contributed by atoms with Crippen molar-refractivity contribution in [3.8, 4) is 22.9 Å². The van der Waals surface area contributed by atoms with Crippen molar-refractivity contribution in [1.82, 2.24) is 19.8 Å². The molecule has 2 aromatic carbocycles. The normalized spacial score (nSPS) is 15.3. The Bertz CT molecular complexity index is 988. The molecule has 158 valence electrons. The number of likely N-dealkylation sites (N-methyl/N-ethyl adjacent to an activating group) is 1. The van der Waals surface area contributed by atoms with Gasteiger partial charge in [-0.2, -0.15) is 0 Å². The van der Waals surface area contributed by atoms with Crippen LogP contribution in [0.15, 0.2) is 42.5 Å². The molecule has 1 aliphatic rings. The van der Waals surface area contributed by atoms with Crippen LogP contribution >= 0.6 is 0 Å². The second-order valence-corrected chi connectivity index (χ2v) is 7.56. The van der Waals surface area contributed by atoms with Crippen molar-refractivity contribution in [2.75, 3.05) is 65.9 Å². The molecule has 0 unspecified atom stereocenters. The van der Waals surface area contributed by atoms with E-state index in [1.54, 1.807) is 14.2 Å². The van der Waals surface area contributed by atoms with Crippen molar-refractivity contribution >= 4 is 16.7 Å². The summed E-state index contributed by atoms with van der Waals surface area (Å²) < 4.78 is 11.0. The second kappa shape index (κ2) is 9.28. The van der Waals surface area contributed by atoms with Gasteiger partial charge in [0.2, 0.25) is 0 Å². The molecule has 30 heavy (non-hydrogen) atoms. The van der Waals surface area contributed by atoms with E-state index in [1.807, 2.05) is 42.5 Å². The zero-order valence-corrected chi connectivity index (χ0v) is 17.9. The number of fused-ring (bicyclic) bond motifs is 1. The van der Waals surface area contributed by atoms with Gasteiger partial charge in [-0.3, -0.25) is 4.90 Å². The maximum absolute atomic E-state index is 5.50. The van der Waals surface area contributed by atoms with Gasteiger partial charge in [0.05, 0.1) is 19.7 Å². The van der Waals surface area contributed by atoms with Crippen LogP contribution in [0, 0.1) is 0 Å². The van der Waals surface area contributed by atoms with Gasteiger partial charge in [0.1, 0.15) is 5.82 Å². The van der Waals surface area contributed by atoms with Crippen LogP contribution in [0.1, 0.15) is 0 Å². The topological polar surface area (TPSA) is 62.8 Å². The summed E-state index contributed by atoms with van der Waals surface area (Å²) in [5.41, 5.74) is 1.81. The lowest BCUT2D eigenvalue weighted by atomic mass is 10.1. The van der Waals surface area contributed by atoms with Crippen molar-refractivity contribution in [3.05, 3.63) is 42.5 Å². The third-order valence-corrected chi connectivity index (χ3v) is 5.55. The molecule has 0 saturated carbocycles. The Morgan fingerprint density at radius 1 is 0.933 bits per heavy atom. The SMILES string of the molecule is COc1cc2nc(-c3ccccc3)nc(NCCN3CCN(C)CC3)c2cc1OC. The highest BCUT2D eigenvalue weighted by Crippen LogP contribution is 2.35. The molecule has 1 aliphatic heterocycles. The van der Waals surface area contributed by atoms with Crippen LogP contribution in [0.5, 0.6) is 11.5 Å². The first-order chi connectivity index (χ1) is 14.7. The molecule has 0 bridgehead atoms. The molecular formula is C23H29N5O2. The highest BCUT2D eigenvalue weighted by atomic mass is 16.5. The number of anilines is 1. The summed E-state index contributed by atoms with van der Waals surface area (Å²) in [5.74, 6) is 2.83. The lowest BCUT2D eigenvalue weighted by molar-refractivity contribution is 0.158. The number of aromatic nitrogens is 2. The molecule has 0 amide bonds.